The standard InChI is InChI=1S/C41H31N4O/c1-41(2)32-20-9-6-17-30(32)36-33(41)24-23-28-26-15-7-10-21-34(26)45(37(28)36)44-40(25-13-4-3-5-14-25)43-39(42)31-19-12-18-29-27-16-8-11-22-35(27)46-38(29)31/h3-24,40,44H,1-2H3,(H-,42,43)/q-1. The molecule has 6 aromatic carbocycles. The first-order valence-electron chi connectivity index (χ1n) is 15.7. The monoisotopic (exact) mass is 595 g/mol. The number of fused-ring (bicyclic) bond motifs is 10. The first-order chi connectivity index (χ1) is 22.5. The molecule has 1 atom stereocenters. The Bertz CT molecular complexity index is 2500. The molecule has 2 heterocycles. The van der Waals surface area contributed by atoms with Crippen molar-refractivity contribution in [1.29, 1.82) is 0 Å². The van der Waals surface area contributed by atoms with Crippen LogP contribution < -0.4 is 5.43 Å². The lowest BCUT2D eigenvalue weighted by Gasteiger charge is -2.27. The lowest BCUT2D eigenvalue weighted by molar-refractivity contribution is 0.660. The van der Waals surface area contributed by atoms with E-state index in [1.807, 2.05) is 54.6 Å². The number of nitrogens with zero attached hydrogens (tertiary/aromatic N) is 2. The second kappa shape index (κ2) is 9.85. The van der Waals surface area contributed by atoms with Gasteiger partial charge in [-0.3, -0.25) is 4.68 Å². The number of nitrogens with one attached hydrogen (secondary N) is 2. The number of amidine groups is 1. The molecule has 9 rings (SSSR count). The van der Waals surface area contributed by atoms with Crippen LogP contribution in [-0.4, -0.2) is 10.5 Å². The van der Waals surface area contributed by atoms with Crippen LogP contribution in [0.2, 0.25) is 0 Å². The number of aromatic nitrogens is 1. The van der Waals surface area contributed by atoms with Crippen molar-refractivity contribution in [2.45, 2.75) is 25.4 Å². The highest BCUT2D eigenvalue weighted by atomic mass is 16.3. The van der Waals surface area contributed by atoms with Gasteiger partial charge in [0, 0.05) is 38.1 Å². The molecule has 1 aliphatic rings. The van der Waals surface area contributed by atoms with E-state index in [1.165, 1.54) is 33.0 Å². The average Bonchev–Trinajstić information content (AvgIpc) is 3.71. The van der Waals surface area contributed by atoms with E-state index in [0.29, 0.717) is 11.1 Å². The lowest BCUT2D eigenvalue weighted by atomic mass is 9.82. The maximum Gasteiger partial charge on any atom is 0.142 e. The van der Waals surface area contributed by atoms with E-state index < -0.39 is 6.17 Å². The van der Waals surface area contributed by atoms with Crippen molar-refractivity contribution in [3.63, 3.8) is 0 Å². The van der Waals surface area contributed by atoms with Crippen LogP contribution in [0.5, 0.6) is 0 Å². The molecule has 0 fully saturated rings. The Morgan fingerprint density at radius 3 is 2.28 bits per heavy atom. The van der Waals surface area contributed by atoms with Gasteiger partial charge in [-0.15, -0.1) is 0 Å². The molecule has 0 radical (unpaired) electrons. The fourth-order valence-corrected chi connectivity index (χ4v) is 7.44. The first-order valence-corrected chi connectivity index (χ1v) is 15.7. The molecule has 1 unspecified atom stereocenters. The highest BCUT2D eigenvalue weighted by Gasteiger charge is 2.37. The van der Waals surface area contributed by atoms with Crippen LogP contribution in [0.15, 0.2) is 143 Å². The Morgan fingerprint density at radius 2 is 1.41 bits per heavy atom. The van der Waals surface area contributed by atoms with Crippen LogP contribution in [0.4, 0.5) is 0 Å². The summed E-state index contributed by atoms with van der Waals surface area (Å²) in [6.07, 6.45) is -0.548. The first kappa shape index (κ1) is 26.6. The van der Waals surface area contributed by atoms with Gasteiger partial charge in [-0.25, -0.2) is 0 Å². The minimum absolute atomic E-state index is 0.127. The van der Waals surface area contributed by atoms with E-state index >= 15 is 0 Å². The lowest BCUT2D eigenvalue weighted by Crippen LogP contribution is -2.21. The quantitative estimate of drug-likeness (QED) is 0.159. The number of furan rings is 1. The molecule has 0 saturated carbocycles. The van der Waals surface area contributed by atoms with E-state index in [4.69, 9.17) is 9.41 Å². The summed E-state index contributed by atoms with van der Waals surface area (Å²) in [5.74, 6) is 0.156. The number of hydrogen-bond acceptors (Lipinski definition) is 3. The highest BCUT2D eigenvalue weighted by Crippen LogP contribution is 2.52. The maximum atomic E-state index is 9.32. The number of benzene rings is 6. The Kier molecular flexibility index (Phi) is 5.69. The largest absolute Gasteiger partial charge is 0.482 e. The molecule has 0 saturated heterocycles. The van der Waals surface area contributed by atoms with Crippen LogP contribution in [0.25, 0.3) is 60.6 Å². The van der Waals surface area contributed by atoms with Crippen molar-refractivity contribution < 1.29 is 4.42 Å². The van der Waals surface area contributed by atoms with Gasteiger partial charge in [-0.2, -0.15) is 0 Å². The van der Waals surface area contributed by atoms with Gasteiger partial charge in [0.15, 0.2) is 0 Å². The van der Waals surface area contributed by atoms with Crippen LogP contribution in [-0.2, 0) is 5.41 Å². The predicted molar refractivity (Wildman–Crippen MR) is 190 cm³/mol. The smallest absolute Gasteiger partial charge is 0.142 e. The minimum Gasteiger partial charge on any atom is -0.482 e. The number of rotatable bonds is 5. The Balaban J connectivity index is 1.27. The maximum absolute atomic E-state index is 9.32. The summed E-state index contributed by atoms with van der Waals surface area (Å²) in [6, 6.07) is 46.0. The van der Waals surface area contributed by atoms with E-state index in [9.17, 15) is 5.73 Å². The van der Waals surface area contributed by atoms with E-state index in [2.05, 4.69) is 103 Å². The van der Waals surface area contributed by atoms with Crippen LogP contribution in [0.1, 0.15) is 42.3 Å². The summed E-state index contributed by atoms with van der Waals surface area (Å²) in [6.45, 7) is 4.62. The van der Waals surface area contributed by atoms with Gasteiger partial charge in [0.05, 0.1) is 17.2 Å². The Hall–Kier alpha value is -5.81. The van der Waals surface area contributed by atoms with Gasteiger partial charge in [0.2, 0.25) is 0 Å². The fraction of sp³-hybridized carbons (Fsp3) is 0.0976. The van der Waals surface area contributed by atoms with Crippen LogP contribution in [0.3, 0.4) is 0 Å². The zero-order valence-electron chi connectivity index (χ0n) is 25.6. The molecule has 1 aliphatic carbocycles. The van der Waals surface area contributed by atoms with Crippen molar-refractivity contribution in [3.8, 4) is 11.1 Å². The minimum atomic E-state index is -0.548. The van der Waals surface area contributed by atoms with Crippen molar-refractivity contribution in [1.82, 2.24) is 4.68 Å². The normalized spacial score (nSPS) is 14.6. The second-order valence-corrected chi connectivity index (χ2v) is 12.6. The van der Waals surface area contributed by atoms with E-state index in [0.717, 1.165) is 33.0 Å². The van der Waals surface area contributed by atoms with Gasteiger partial charge in [0.25, 0.3) is 0 Å². The van der Waals surface area contributed by atoms with Crippen LogP contribution >= 0.6 is 0 Å². The molecular weight excluding hydrogens is 564 g/mol. The molecule has 2 aromatic heterocycles. The third-order valence-electron chi connectivity index (χ3n) is 9.66. The van der Waals surface area contributed by atoms with Gasteiger partial charge in [-0.1, -0.05) is 141 Å². The summed E-state index contributed by atoms with van der Waals surface area (Å²) >= 11 is 0. The third kappa shape index (κ3) is 3.78. The average molecular weight is 596 g/mol. The van der Waals surface area contributed by atoms with E-state index in [-0.39, 0.29) is 11.3 Å². The molecule has 0 bridgehead atoms. The summed E-state index contributed by atoms with van der Waals surface area (Å²) in [4.78, 5) is 5.08. The summed E-state index contributed by atoms with van der Waals surface area (Å²) < 4.78 is 8.50. The topological polar surface area (TPSA) is 66.3 Å². The zero-order valence-corrected chi connectivity index (χ0v) is 25.6. The van der Waals surface area contributed by atoms with Crippen molar-refractivity contribution in [3.05, 3.63) is 161 Å². The molecule has 222 valence electrons. The van der Waals surface area contributed by atoms with Gasteiger partial charge in [0.1, 0.15) is 11.2 Å². The summed E-state index contributed by atoms with van der Waals surface area (Å²) in [5, 5.41) is 4.37. The van der Waals surface area contributed by atoms with Crippen molar-refractivity contribution in [2.24, 2.45) is 4.99 Å². The molecule has 0 spiro atoms. The van der Waals surface area contributed by atoms with Crippen molar-refractivity contribution in [2.75, 3.05) is 5.43 Å². The molecule has 2 N–H and O–H groups in total. The van der Waals surface area contributed by atoms with Gasteiger partial charge < -0.3 is 20.6 Å². The van der Waals surface area contributed by atoms with Gasteiger partial charge in [-0.05, 0) is 34.4 Å². The summed E-state index contributed by atoms with van der Waals surface area (Å²) in [7, 11) is 0. The number of hydrogen-bond donors (Lipinski definition) is 1. The molecule has 0 amide bonds. The molecular formula is C41H31N4O-. The summed E-state index contributed by atoms with van der Waals surface area (Å²) in [5.41, 5.74) is 23.4. The third-order valence-corrected chi connectivity index (χ3v) is 9.66. The second-order valence-electron chi connectivity index (χ2n) is 12.6. The molecule has 5 nitrogen and oxygen atoms in total. The molecule has 0 aliphatic heterocycles. The van der Waals surface area contributed by atoms with Gasteiger partial charge >= 0.3 is 0 Å². The molecule has 46 heavy (non-hydrogen) atoms. The SMILES string of the molecule is CC1(C)c2ccccc2-c2c1ccc1c3ccccc3n(NC(/N=C(\[NH-])c3cccc4c3oc3ccccc34)c3ccccc3)c21. The zero-order chi connectivity index (χ0) is 31.0. The predicted octanol–water partition coefficient (Wildman–Crippen LogP) is 10.7. The van der Waals surface area contributed by atoms with Crippen LogP contribution in [0, 0.1) is 0 Å². The van der Waals surface area contributed by atoms with E-state index in [1.54, 1.807) is 0 Å². The Morgan fingerprint density at radius 1 is 0.696 bits per heavy atom. The molecule has 8 aromatic rings. The number of aliphatic imine (C=N–C) groups is 1. The molecule has 5 heteroatoms. The number of para-hydroxylation sites is 3. The van der Waals surface area contributed by atoms with Crippen molar-refractivity contribution >= 4 is 49.6 Å². The Labute approximate surface area is 266 Å². The fourth-order valence-electron chi connectivity index (χ4n) is 7.44. The highest BCUT2D eigenvalue weighted by molar-refractivity contribution is 6.17.